The summed E-state index contributed by atoms with van der Waals surface area (Å²) in [5.41, 5.74) is 0.575. The maximum absolute atomic E-state index is 4.65. The zero-order valence-electron chi connectivity index (χ0n) is 11.6. The van der Waals surface area contributed by atoms with E-state index < -0.39 is 0 Å². The molecule has 0 saturated heterocycles. The van der Waals surface area contributed by atoms with Crippen LogP contribution >= 0.6 is 11.8 Å². The van der Waals surface area contributed by atoms with Crippen LogP contribution in [0.1, 0.15) is 47.0 Å². The van der Waals surface area contributed by atoms with Crippen molar-refractivity contribution in [2.45, 2.75) is 52.2 Å². The van der Waals surface area contributed by atoms with Gasteiger partial charge in [0.2, 0.25) is 0 Å². The lowest BCUT2D eigenvalue weighted by atomic mass is 9.99. The number of nitrogens with zero attached hydrogens (tertiary/aromatic N) is 1. The summed E-state index contributed by atoms with van der Waals surface area (Å²) in [6.07, 6.45) is 3.94. The van der Waals surface area contributed by atoms with E-state index in [0.717, 1.165) is 30.2 Å². The summed E-state index contributed by atoms with van der Waals surface area (Å²) in [7, 11) is 0. The zero-order chi connectivity index (χ0) is 12.5. The molecule has 98 valence electrons. The third-order valence-corrected chi connectivity index (χ3v) is 5.80. The summed E-state index contributed by atoms with van der Waals surface area (Å²) in [6, 6.07) is 0. The van der Waals surface area contributed by atoms with Gasteiger partial charge < -0.3 is 5.32 Å². The van der Waals surface area contributed by atoms with Crippen LogP contribution in [-0.2, 0) is 0 Å². The molecule has 1 N–H and O–H groups in total. The molecular weight excluding hydrogens is 228 g/mol. The second-order valence-electron chi connectivity index (χ2n) is 6.15. The predicted molar refractivity (Wildman–Crippen MR) is 77.6 cm³/mol. The van der Waals surface area contributed by atoms with Gasteiger partial charge in [-0.15, -0.1) is 0 Å². The molecule has 2 unspecified atom stereocenters. The maximum atomic E-state index is 4.65. The molecule has 1 saturated carbocycles. The Morgan fingerprint density at radius 2 is 2.06 bits per heavy atom. The lowest BCUT2D eigenvalue weighted by Gasteiger charge is -2.18. The summed E-state index contributed by atoms with van der Waals surface area (Å²) in [5.74, 6) is 1.69. The fourth-order valence-electron chi connectivity index (χ4n) is 2.68. The van der Waals surface area contributed by atoms with Crippen molar-refractivity contribution in [3.63, 3.8) is 0 Å². The van der Waals surface area contributed by atoms with Gasteiger partial charge >= 0.3 is 0 Å². The minimum absolute atomic E-state index is 0.575. The van der Waals surface area contributed by atoms with E-state index in [4.69, 9.17) is 0 Å². The largest absolute Gasteiger partial charge is 0.365 e. The van der Waals surface area contributed by atoms with E-state index >= 15 is 0 Å². The van der Waals surface area contributed by atoms with Gasteiger partial charge in [-0.25, -0.2) is 0 Å². The van der Waals surface area contributed by atoms with Gasteiger partial charge in [0, 0.05) is 11.8 Å². The monoisotopic (exact) mass is 254 g/mol. The average Bonchev–Trinajstić information content (AvgIpc) is 2.72. The molecule has 0 spiro atoms. The maximum Gasteiger partial charge on any atom is 0.156 e. The SMILES string of the molecule is CCC(CC)C1CN=C(NCC2CC2(C)C)S1. The van der Waals surface area contributed by atoms with Gasteiger partial charge in [-0.3, -0.25) is 4.99 Å². The topological polar surface area (TPSA) is 24.4 Å². The highest BCUT2D eigenvalue weighted by molar-refractivity contribution is 8.14. The second kappa shape index (κ2) is 5.21. The van der Waals surface area contributed by atoms with E-state index in [-0.39, 0.29) is 0 Å². The molecular formula is C14H26N2S. The summed E-state index contributed by atoms with van der Waals surface area (Å²) >= 11 is 1.98. The first-order chi connectivity index (χ1) is 8.06. The summed E-state index contributed by atoms with van der Waals surface area (Å²) in [5, 5.41) is 5.47. The van der Waals surface area contributed by atoms with Crippen molar-refractivity contribution in [3.05, 3.63) is 0 Å². The Morgan fingerprint density at radius 1 is 1.41 bits per heavy atom. The Morgan fingerprint density at radius 3 is 2.59 bits per heavy atom. The first-order valence-electron chi connectivity index (χ1n) is 7.01. The molecule has 0 aromatic rings. The van der Waals surface area contributed by atoms with Crippen LogP contribution < -0.4 is 5.32 Å². The molecule has 1 aliphatic heterocycles. The summed E-state index contributed by atoms with van der Waals surface area (Å²) in [6.45, 7) is 11.5. The van der Waals surface area contributed by atoms with E-state index in [1.54, 1.807) is 0 Å². The Kier molecular flexibility index (Phi) is 4.06. The van der Waals surface area contributed by atoms with E-state index in [2.05, 4.69) is 38.0 Å². The number of thioether (sulfide) groups is 1. The third kappa shape index (κ3) is 3.18. The quantitative estimate of drug-likeness (QED) is 0.811. The van der Waals surface area contributed by atoms with Gasteiger partial charge in [0.05, 0.1) is 6.54 Å². The van der Waals surface area contributed by atoms with Crippen LogP contribution in [0.5, 0.6) is 0 Å². The zero-order valence-corrected chi connectivity index (χ0v) is 12.4. The number of rotatable bonds is 5. The van der Waals surface area contributed by atoms with E-state index in [0.29, 0.717) is 5.41 Å². The van der Waals surface area contributed by atoms with Crippen LogP contribution in [0.15, 0.2) is 4.99 Å². The third-order valence-electron chi connectivity index (χ3n) is 4.47. The molecule has 1 heterocycles. The molecule has 1 aliphatic carbocycles. The fraction of sp³-hybridized carbons (Fsp3) is 0.929. The average molecular weight is 254 g/mol. The van der Waals surface area contributed by atoms with E-state index in [1.165, 1.54) is 24.4 Å². The molecule has 3 heteroatoms. The first kappa shape index (κ1) is 13.3. The molecule has 2 rings (SSSR count). The Balaban J connectivity index is 1.71. The Bertz CT molecular complexity index is 295. The van der Waals surface area contributed by atoms with Gasteiger partial charge in [-0.2, -0.15) is 0 Å². The van der Waals surface area contributed by atoms with Crippen molar-refractivity contribution >= 4 is 16.9 Å². The standard InChI is InChI=1S/C14H26N2S/c1-5-10(6-2)12-9-16-13(17-12)15-8-11-7-14(11,3)4/h10-12H,5-9H2,1-4H3,(H,15,16). The highest BCUT2D eigenvalue weighted by Crippen LogP contribution is 2.51. The first-order valence-corrected chi connectivity index (χ1v) is 7.89. The molecule has 0 aromatic heterocycles. The van der Waals surface area contributed by atoms with Crippen molar-refractivity contribution < 1.29 is 0 Å². The van der Waals surface area contributed by atoms with Crippen LogP contribution in [-0.4, -0.2) is 23.5 Å². The van der Waals surface area contributed by atoms with Crippen molar-refractivity contribution in [2.75, 3.05) is 13.1 Å². The van der Waals surface area contributed by atoms with Crippen LogP contribution in [0.2, 0.25) is 0 Å². The number of hydrogen-bond donors (Lipinski definition) is 1. The van der Waals surface area contributed by atoms with Crippen LogP contribution in [0, 0.1) is 17.3 Å². The van der Waals surface area contributed by atoms with E-state index in [1.807, 2.05) is 11.8 Å². The molecule has 0 aromatic carbocycles. The predicted octanol–water partition coefficient (Wildman–Crippen LogP) is 3.53. The normalized spacial score (nSPS) is 30.5. The summed E-state index contributed by atoms with van der Waals surface area (Å²) < 4.78 is 0. The molecule has 0 radical (unpaired) electrons. The van der Waals surface area contributed by atoms with Crippen LogP contribution in [0.3, 0.4) is 0 Å². The van der Waals surface area contributed by atoms with Crippen LogP contribution in [0.25, 0.3) is 0 Å². The minimum Gasteiger partial charge on any atom is -0.365 e. The highest BCUT2D eigenvalue weighted by atomic mass is 32.2. The lowest BCUT2D eigenvalue weighted by molar-refractivity contribution is 0.479. The molecule has 0 bridgehead atoms. The van der Waals surface area contributed by atoms with Crippen molar-refractivity contribution in [1.29, 1.82) is 0 Å². The van der Waals surface area contributed by atoms with Crippen LogP contribution in [0.4, 0.5) is 0 Å². The highest BCUT2D eigenvalue weighted by Gasteiger charge is 2.45. The smallest absolute Gasteiger partial charge is 0.156 e. The van der Waals surface area contributed by atoms with E-state index in [9.17, 15) is 0 Å². The molecule has 2 aliphatic rings. The Hall–Kier alpha value is -0.180. The van der Waals surface area contributed by atoms with Gasteiger partial charge in [0.25, 0.3) is 0 Å². The van der Waals surface area contributed by atoms with Crippen molar-refractivity contribution in [3.8, 4) is 0 Å². The molecule has 2 atom stereocenters. The Labute approximate surface area is 110 Å². The fourth-order valence-corrected chi connectivity index (χ4v) is 4.01. The molecule has 17 heavy (non-hydrogen) atoms. The number of hydrogen-bond acceptors (Lipinski definition) is 3. The summed E-state index contributed by atoms with van der Waals surface area (Å²) in [4.78, 5) is 4.65. The van der Waals surface area contributed by atoms with Gasteiger partial charge in [-0.05, 0) is 23.7 Å². The molecule has 2 nitrogen and oxygen atoms in total. The number of nitrogens with one attached hydrogen (secondary N) is 1. The van der Waals surface area contributed by atoms with Gasteiger partial charge in [-0.1, -0.05) is 52.3 Å². The second-order valence-corrected chi connectivity index (χ2v) is 7.38. The van der Waals surface area contributed by atoms with Gasteiger partial charge in [0.1, 0.15) is 0 Å². The molecule has 0 amide bonds. The number of aliphatic imine (C=N–C) groups is 1. The van der Waals surface area contributed by atoms with Crippen molar-refractivity contribution in [1.82, 2.24) is 5.32 Å². The number of amidine groups is 1. The lowest BCUT2D eigenvalue weighted by Crippen LogP contribution is -2.24. The van der Waals surface area contributed by atoms with Crippen molar-refractivity contribution in [2.24, 2.45) is 22.2 Å². The molecule has 1 fully saturated rings. The van der Waals surface area contributed by atoms with Gasteiger partial charge in [0.15, 0.2) is 5.17 Å². The minimum atomic E-state index is 0.575.